The lowest BCUT2D eigenvalue weighted by Crippen LogP contribution is -2.27. The molecule has 1 aromatic heterocycles. The number of aryl methyl sites for hydroxylation is 1. The molecule has 0 aliphatic heterocycles. The summed E-state index contributed by atoms with van der Waals surface area (Å²) in [5.41, 5.74) is 3.22. The number of nitrogens with one attached hydrogen (secondary N) is 2. The molecule has 0 aliphatic rings. The minimum absolute atomic E-state index is 0.0834. The average molecular weight is 558 g/mol. The van der Waals surface area contributed by atoms with E-state index in [1.54, 1.807) is 35.2 Å². The van der Waals surface area contributed by atoms with E-state index in [-0.39, 0.29) is 31.2 Å². The first-order valence-corrected chi connectivity index (χ1v) is 14.2. The third-order valence-corrected chi connectivity index (χ3v) is 8.05. The van der Waals surface area contributed by atoms with Crippen LogP contribution in [0.3, 0.4) is 0 Å². The van der Waals surface area contributed by atoms with Crippen LogP contribution in [0.2, 0.25) is 0 Å². The molecule has 0 spiro atoms. The van der Waals surface area contributed by atoms with Gasteiger partial charge in [0.25, 0.3) is 0 Å². The van der Waals surface area contributed by atoms with Crippen LogP contribution in [0.5, 0.6) is 0 Å². The van der Waals surface area contributed by atoms with E-state index in [2.05, 4.69) is 22.5 Å². The van der Waals surface area contributed by atoms with Crippen LogP contribution in [-0.2, 0) is 32.0 Å². The van der Waals surface area contributed by atoms with Crippen molar-refractivity contribution in [2.24, 2.45) is 5.92 Å². The number of thioether (sulfide) groups is 1. The van der Waals surface area contributed by atoms with Gasteiger partial charge in [-0.15, -0.1) is 11.3 Å². The van der Waals surface area contributed by atoms with Crippen molar-refractivity contribution in [2.75, 3.05) is 17.6 Å². The zero-order valence-electron chi connectivity index (χ0n) is 21.1. The van der Waals surface area contributed by atoms with Crippen LogP contribution in [0.1, 0.15) is 43.7 Å². The second-order valence-corrected chi connectivity index (χ2v) is 11.1. The number of carboxylic acids is 2. The topological polar surface area (TPSA) is 146 Å². The highest BCUT2D eigenvalue weighted by atomic mass is 32.2. The summed E-state index contributed by atoms with van der Waals surface area (Å²) in [6, 6.07) is 12.7. The maximum atomic E-state index is 12.3. The van der Waals surface area contributed by atoms with Gasteiger partial charge in [0.05, 0.1) is 10.2 Å². The lowest BCUT2D eigenvalue weighted by molar-refractivity contribution is -0.154. The van der Waals surface area contributed by atoms with Crippen LogP contribution in [0.4, 0.5) is 5.69 Å². The van der Waals surface area contributed by atoms with Crippen molar-refractivity contribution in [2.45, 2.75) is 49.8 Å². The van der Waals surface area contributed by atoms with Crippen LogP contribution in [0, 0.1) is 5.92 Å². The zero-order valence-corrected chi connectivity index (χ0v) is 22.7. The summed E-state index contributed by atoms with van der Waals surface area (Å²) in [5.74, 6) is -3.49. The summed E-state index contributed by atoms with van der Waals surface area (Å²) in [5, 5.41) is 23.6. The van der Waals surface area contributed by atoms with E-state index < -0.39 is 17.9 Å². The van der Waals surface area contributed by atoms with Crippen molar-refractivity contribution in [1.29, 1.82) is 0 Å². The van der Waals surface area contributed by atoms with E-state index >= 15 is 0 Å². The van der Waals surface area contributed by atoms with Crippen LogP contribution in [-0.4, -0.2) is 51.2 Å². The molecule has 9 nitrogen and oxygen atoms in total. The van der Waals surface area contributed by atoms with Crippen molar-refractivity contribution in [1.82, 2.24) is 10.3 Å². The molecule has 2 aromatic carbocycles. The molecule has 0 unspecified atom stereocenters. The molecule has 3 aromatic rings. The normalized spacial score (nSPS) is 11.0. The molecule has 0 saturated carbocycles. The number of fused-ring (bicyclic) bond motifs is 1. The fraction of sp³-hybridized carbons (Fsp3) is 0.370. The Morgan fingerprint density at radius 3 is 2.37 bits per heavy atom. The van der Waals surface area contributed by atoms with Crippen LogP contribution in [0.25, 0.3) is 10.2 Å². The van der Waals surface area contributed by atoms with Gasteiger partial charge in [0.2, 0.25) is 11.8 Å². The van der Waals surface area contributed by atoms with Crippen molar-refractivity contribution in [3.8, 4) is 0 Å². The number of benzene rings is 2. The van der Waals surface area contributed by atoms with E-state index in [1.165, 1.54) is 0 Å². The van der Waals surface area contributed by atoms with Crippen molar-refractivity contribution in [3.05, 3.63) is 53.6 Å². The van der Waals surface area contributed by atoms with E-state index in [1.807, 2.05) is 30.3 Å². The largest absolute Gasteiger partial charge is 0.481 e. The van der Waals surface area contributed by atoms with E-state index in [4.69, 9.17) is 10.2 Å². The van der Waals surface area contributed by atoms with Crippen molar-refractivity contribution >= 4 is 62.8 Å². The van der Waals surface area contributed by atoms with Crippen molar-refractivity contribution < 1.29 is 29.4 Å². The van der Waals surface area contributed by atoms with E-state index in [0.29, 0.717) is 30.5 Å². The Hall–Kier alpha value is -3.44. The highest BCUT2D eigenvalue weighted by molar-refractivity contribution is 8.01. The second-order valence-electron chi connectivity index (χ2n) is 8.76. The number of aliphatic carboxylic acids is 2. The van der Waals surface area contributed by atoms with Gasteiger partial charge in [0, 0.05) is 30.8 Å². The Bertz CT molecular complexity index is 1260. The maximum Gasteiger partial charge on any atom is 0.318 e. The van der Waals surface area contributed by atoms with Crippen LogP contribution in [0.15, 0.2) is 46.8 Å². The van der Waals surface area contributed by atoms with E-state index in [0.717, 1.165) is 32.3 Å². The number of nitrogens with zero attached hydrogens (tertiary/aromatic N) is 1. The number of hydrogen-bond acceptors (Lipinski definition) is 7. The number of carbonyl (C=O) groups is 4. The van der Waals surface area contributed by atoms with Gasteiger partial charge >= 0.3 is 11.9 Å². The molecule has 3 rings (SSSR count). The predicted octanol–water partition coefficient (Wildman–Crippen LogP) is 4.59. The zero-order chi connectivity index (χ0) is 27.5. The van der Waals surface area contributed by atoms with Crippen LogP contribution < -0.4 is 10.6 Å². The number of thiazole rings is 1. The molecule has 0 radical (unpaired) electrons. The molecule has 0 atom stereocenters. The Labute approximate surface area is 229 Å². The molecule has 2 amide bonds. The minimum Gasteiger partial charge on any atom is -0.481 e. The molecule has 1 heterocycles. The Morgan fingerprint density at radius 1 is 0.974 bits per heavy atom. The van der Waals surface area contributed by atoms with Gasteiger partial charge in [-0.25, -0.2) is 4.98 Å². The summed E-state index contributed by atoms with van der Waals surface area (Å²) in [7, 11) is 0. The SMILES string of the molecule is CCCSc1nc2ccc(NC(=O)CCNC(=O)CCCc3ccc(CC(C(=O)O)C(=O)O)cc3)cc2s1. The lowest BCUT2D eigenvalue weighted by Gasteiger charge is -2.09. The molecule has 4 N–H and O–H groups in total. The highest BCUT2D eigenvalue weighted by Crippen LogP contribution is 2.31. The predicted molar refractivity (Wildman–Crippen MR) is 149 cm³/mol. The average Bonchev–Trinajstić information content (AvgIpc) is 3.28. The fourth-order valence-electron chi connectivity index (χ4n) is 3.67. The smallest absolute Gasteiger partial charge is 0.318 e. The number of hydrogen-bond donors (Lipinski definition) is 4. The van der Waals surface area contributed by atoms with Gasteiger partial charge in [-0.2, -0.15) is 0 Å². The van der Waals surface area contributed by atoms with E-state index in [9.17, 15) is 19.2 Å². The Balaban J connectivity index is 1.34. The molecule has 0 fully saturated rings. The summed E-state index contributed by atoms with van der Waals surface area (Å²) in [6.07, 6.45) is 2.73. The summed E-state index contributed by atoms with van der Waals surface area (Å²) < 4.78 is 2.05. The Kier molecular flexibility index (Phi) is 11.1. The second kappa shape index (κ2) is 14.5. The van der Waals surface area contributed by atoms with Gasteiger partial charge < -0.3 is 20.8 Å². The first-order chi connectivity index (χ1) is 18.2. The third-order valence-electron chi connectivity index (χ3n) is 5.68. The molecule has 38 heavy (non-hydrogen) atoms. The number of carboxylic acid groups (broad SMARTS) is 2. The molecule has 0 saturated heterocycles. The maximum absolute atomic E-state index is 12.3. The molecule has 11 heteroatoms. The monoisotopic (exact) mass is 557 g/mol. The molecule has 0 bridgehead atoms. The van der Waals surface area contributed by atoms with Crippen LogP contribution >= 0.6 is 23.1 Å². The Morgan fingerprint density at radius 2 is 1.68 bits per heavy atom. The quantitative estimate of drug-likeness (QED) is 0.157. The van der Waals surface area contributed by atoms with Gasteiger partial charge in [-0.05, 0) is 55.0 Å². The summed E-state index contributed by atoms with van der Waals surface area (Å²) in [4.78, 5) is 51.1. The fourth-order valence-corrected chi connectivity index (χ4v) is 5.70. The standard InChI is InChI=1S/C27H31N3O6S2/c1-2-14-37-27-30-21-11-10-19(16-22(21)38-27)29-24(32)12-13-28-23(31)5-3-4-17-6-8-18(9-7-17)15-20(25(33)34)26(35)36/h6-11,16,20H,2-5,12-15H2,1H3,(H,28,31)(H,29,32)(H,33,34)(H,35,36). The van der Waals surface area contributed by atoms with Gasteiger partial charge in [-0.3, -0.25) is 19.2 Å². The van der Waals surface area contributed by atoms with Gasteiger partial charge in [0.15, 0.2) is 10.3 Å². The minimum atomic E-state index is -1.48. The third kappa shape index (κ3) is 9.14. The lowest BCUT2D eigenvalue weighted by atomic mass is 9.98. The van der Waals surface area contributed by atoms with Gasteiger partial charge in [0.1, 0.15) is 0 Å². The first kappa shape index (κ1) is 29.1. The van der Waals surface area contributed by atoms with Crippen molar-refractivity contribution in [3.63, 3.8) is 0 Å². The summed E-state index contributed by atoms with van der Waals surface area (Å²) >= 11 is 3.34. The number of rotatable bonds is 15. The molecular weight excluding hydrogens is 526 g/mol. The number of carbonyl (C=O) groups excluding carboxylic acids is 2. The molecule has 202 valence electrons. The number of anilines is 1. The summed E-state index contributed by atoms with van der Waals surface area (Å²) in [6.45, 7) is 2.38. The number of amides is 2. The first-order valence-electron chi connectivity index (χ1n) is 12.4. The number of aromatic nitrogens is 1. The highest BCUT2D eigenvalue weighted by Gasteiger charge is 2.25. The molecule has 0 aliphatic carbocycles. The molecular formula is C27H31N3O6S2. The van der Waals surface area contributed by atoms with Gasteiger partial charge in [-0.1, -0.05) is 43.0 Å².